The Hall–Kier alpha value is -1.42. The van der Waals surface area contributed by atoms with Crippen molar-refractivity contribution in [2.24, 2.45) is 10.7 Å². The van der Waals surface area contributed by atoms with E-state index in [0.29, 0.717) is 12.5 Å². The molecule has 3 nitrogen and oxygen atoms in total. The summed E-state index contributed by atoms with van der Waals surface area (Å²) in [6.45, 7) is 2.68. The highest BCUT2D eigenvalue weighted by Crippen LogP contribution is 2.08. The van der Waals surface area contributed by atoms with Crippen LogP contribution < -0.4 is 5.73 Å². The van der Waals surface area contributed by atoms with Crippen LogP contribution in [0.15, 0.2) is 41.4 Å². The highest BCUT2D eigenvalue weighted by Gasteiger charge is 2.11. The third-order valence-electron chi connectivity index (χ3n) is 2.80. The molecule has 0 atom stereocenters. The second-order valence-corrected chi connectivity index (χ2v) is 5.34. The summed E-state index contributed by atoms with van der Waals surface area (Å²) >= 11 is 1.98. The molecule has 1 aliphatic rings. The molecular weight excluding hydrogens is 242 g/mol. The summed E-state index contributed by atoms with van der Waals surface area (Å²) in [7, 11) is 0. The zero-order chi connectivity index (χ0) is 12.6. The minimum absolute atomic E-state index is 0.643. The average Bonchev–Trinajstić information content (AvgIpc) is 2.45. The summed E-state index contributed by atoms with van der Waals surface area (Å²) in [5.41, 5.74) is 7.16. The zero-order valence-electron chi connectivity index (χ0n) is 10.5. The maximum Gasteiger partial charge on any atom is 0.191 e. The summed E-state index contributed by atoms with van der Waals surface area (Å²) in [6.07, 6.45) is 4.11. The van der Waals surface area contributed by atoms with Crippen LogP contribution in [-0.4, -0.2) is 42.0 Å². The fourth-order valence-corrected chi connectivity index (χ4v) is 2.69. The van der Waals surface area contributed by atoms with Crippen molar-refractivity contribution in [2.45, 2.75) is 0 Å². The van der Waals surface area contributed by atoms with Crippen molar-refractivity contribution in [3.8, 4) is 0 Å². The van der Waals surface area contributed by atoms with Gasteiger partial charge in [-0.2, -0.15) is 11.8 Å². The smallest absolute Gasteiger partial charge is 0.191 e. The van der Waals surface area contributed by atoms with Crippen LogP contribution in [-0.2, 0) is 0 Å². The first kappa shape index (κ1) is 13.0. The fourth-order valence-electron chi connectivity index (χ4n) is 1.79. The number of thioether (sulfide) groups is 1. The van der Waals surface area contributed by atoms with Crippen molar-refractivity contribution < 1.29 is 0 Å². The van der Waals surface area contributed by atoms with Crippen LogP contribution in [0.25, 0.3) is 6.08 Å². The summed E-state index contributed by atoms with van der Waals surface area (Å²) in [6, 6.07) is 10.2. The molecule has 2 N–H and O–H groups in total. The van der Waals surface area contributed by atoms with Gasteiger partial charge in [0.15, 0.2) is 5.96 Å². The lowest BCUT2D eigenvalue weighted by atomic mass is 10.2. The Morgan fingerprint density at radius 3 is 2.72 bits per heavy atom. The maximum atomic E-state index is 5.96. The average molecular weight is 261 g/mol. The predicted molar refractivity (Wildman–Crippen MR) is 80.9 cm³/mol. The molecule has 18 heavy (non-hydrogen) atoms. The summed E-state index contributed by atoms with van der Waals surface area (Å²) in [5.74, 6) is 2.97. The molecule has 0 aromatic heterocycles. The van der Waals surface area contributed by atoms with Crippen molar-refractivity contribution >= 4 is 23.8 Å². The maximum absolute atomic E-state index is 5.96. The lowest BCUT2D eigenvalue weighted by Gasteiger charge is -2.27. The van der Waals surface area contributed by atoms with E-state index in [4.69, 9.17) is 5.73 Å². The number of aliphatic imine (C=N–C) groups is 1. The molecule has 1 heterocycles. The van der Waals surface area contributed by atoms with E-state index in [1.165, 1.54) is 5.56 Å². The van der Waals surface area contributed by atoms with Crippen molar-refractivity contribution in [3.05, 3.63) is 42.0 Å². The molecule has 4 heteroatoms. The highest BCUT2D eigenvalue weighted by molar-refractivity contribution is 7.99. The van der Waals surface area contributed by atoms with Crippen molar-refractivity contribution in [3.63, 3.8) is 0 Å². The molecule has 1 aromatic carbocycles. The van der Waals surface area contributed by atoms with E-state index in [-0.39, 0.29) is 0 Å². The van der Waals surface area contributed by atoms with Gasteiger partial charge in [0, 0.05) is 24.6 Å². The molecular formula is C14H19N3S. The largest absolute Gasteiger partial charge is 0.370 e. The van der Waals surface area contributed by atoms with E-state index in [1.807, 2.05) is 36.0 Å². The van der Waals surface area contributed by atoms with Crippen molar-refractivity contribution in [2.75, 3.05) is 31.1 Å². The lowest BCUT2D eigenvalue weighted by Crippen LogP contribution is -2.42. The Labute approximate surface area is 113 Å². The molecule has 0 radical (unpaired) electrons. The van der Waals surface area contributed by atoms with Crippen molar-refractivity contribution in [1.29, 1.82) is 0 Å². The number of benzene rings is 1. The Morgan fingerprint density at radius 2 is 2.00 bits per heavy atom. The molecule has 0 unspecified atom stereocenters. The number of hydrogen-bond donors (Lipinski definition) is 1. The van der Waals surface area contributed by atoms with Gasteiger partial charge < -0.3 is 10.6 Å². The number of guanidine groups is 1. The molecule has 2 rings (SSSR count). The van der Waals surface area contributed by atoms with Crippen LogP contribution in [0.5, 0.6) is 0 Å². The number of nitrogens with two attached hydrogens (primary N) is 1. The quantitative estimate of drug-likeness (QED) is 0.669. The van der Waals surface area contributed by atoms with Crippen molar-refractivity contribution in [1.82, 2.24) is 4.90 Å². The molecule has 1 fully saturated rings. The van der Waals surface area contributed by atoms with Gasteiger partial charge in [0.1, 0.15) is 0 Å². The fraction of sp³-hybridized carbons (Fsp3) is 0.357. The van der Waals surface area contributed by atoms with Crippen LogP contribution >= 0.6 is 11.8 Å². The Bertz CT molecular complexity index is 408. The van der Waals surface area contributed by atoms with Crippen LogP contribution in [0.4, 0.5) is 0 Å². The minimum atomic E-state index is 0.643. The van der Waals surface area contributed by atoms with E-state index in [0.717, 1.165) is 24.6 Å². The van der Waals surface area contributed by atoms with Crippen LogP contribution in [0.3, 0.4) is 0 Å². The number of hydrogen-bond acceptors (Lipinski definition) is 2. The van der Waals surface area contributed by atoms with E-state index < -0.39 is 0 Å². The molecule has 0 saturated carbocycles. The molecule has 1 aromatic rings. The van der Waals surface area contributed by atoms with Gasteiger partial charge in [0.25, 0.3) is 0 Å². The van der Waals surface area contributed by atoms with Gasteiger partial charge >= 0.3 is 0 Å². The zero-order valence-corrected chi connectivity index (χ0v) is 11.3. The van der Waals surface area contributed by atoms with Gasteiger partial charge in [-0.3, -0.25) is 0 Å². The van der Waals surface area contributed by atoms with Gasteiger partial charge in [-0.15, -0.1) is 0 Å². The monoisotopic (exact) mass is 261 g/mol. The van der Waals surface area contributed by atoms with E-state index in [2.05, 4.69) is 28.1 Å². The van der Waals surface area contributed by atoms with Crippen LogP contribution in [0.2, 0.25) is 0 Å². The van der Waals surface area contributed by atoms with Gasteiger partial charge in [0.2, 0.25) is 0 Å². The third-order valence-corrected chi connectivity index (χ3v) is 3.75. The molecule has 0 amide bonds. The molecule has 0 bridgehead atoms. The lowest BCUT2D eigenvalue weighted by molar-refractivity contribution is 0.456. The Morgan fingerprint density at radius 1 is 1.28 bits per heavy atom. The van der Waals surface area contributed by atoms with Crippen LogP contribution in [0, 0.1) is 0 Å². The SMILES string of the molecule is NC(=NCC=Cc1ccccc1)N1CCSCC1. The summed E-state index contributed by atoms with van der Waals surface area (Å²) < 4.78 is 0. The first-order chi connectivity index (χ1) is 8.86. The molecule has 96 valence electrons. The first-order valence-electron chi connectivity index (χ1n) is 6.20. The summed E-state index contributed by atoms with van der Waals surface area (Å²) in [4.78, 5) is 6.55. The number of nitrogens with zero attached hydrogens (tertiary/aromatic N) is 2. The second kappa shape index (κ2) is 7.11. The topological polar surface area (TPSA) is 41.6 Å². The van der Waals surface area contributed by atoms with E-state index in [1.54, 1.807) is 0 Å². The Balaban J connectivity index is 1.81. The molecule has 1 saturated heterocycles. The first-order valence-corrected chi connectivity index (χ1v) is 7.36. The van der Waals surface area contributed by atoms with E-state index >= 15 is 0 Å². The number of rotatable bonds is 3. The van der Waals surface area contributed by atoms with Gasteiger partial charge in [-0.1, -0.05) is 42.5 Å². The normalized spacial score (nSPS) is 17.3. The Kier molecular flexibility index (Phi) is 5.15. The van der Waals surface area contributed by atoms with Crippen LogP contribution in [0.1, 0.15) is 5.56 Å². The predicted octanol–water partition coefficient (Wildman–Crippen LogP) is 2.06. The van der Waals surface area contributed by atoms with E-state index in [9.17, 15) is 0 Å². The van der Waals surface area contributed by atoms with Gasteiger partial charge in [0.05, 0.1) is 6.54 Å². The van der Waals surface area contributed by atoms with Gasteiger partial charge in [-0.05, 0) is 5.56 Å². The van der Waals surface area contributed by atoms with Gasteiger partial charge in [-0.25, -0.2) is 4.99 Å². The second-order valence-electron chi connectivity index (χ2n) is 4.11. The third kappa shape index (κ3) is 4.11. The standard InChI is InChI=1S/C14H19N3S/c15-14(17-9-11-18-12-10-17)16-8-4-7-13-5-2-1-3-6-13/h1-7H,8-12H2,(H2,15,16). The summed E-state index contributed by atoms with van der Waals surface area (Å²) in [5, 5.41) is 0. The molecule has 0 spiro atoms. The minimum Gasteiger partial charge on any atom is -0.370 e. The molecule has 0 aliphatic carbocycles. The highest BCUT2D eigenvalue weighted by atomic mass is 32.2. The molecule has 1 aliphatic heterocycles.